The molecule has 6 rings (SSSR count). The van der Waals surface area contributed by atoms with Crippen molar-refractivity contribution >= 4 is 0 Å². The van der Waals surface area contributed by atoms with E-state index < -0.39 is 0 Å². The first-order valence-electron chi connectivity index (χ1n) is 14.7. The molecule has 6 fully saturated rings. The van der Waals surface area contributed by atoms with Crippen molar-refractivity contribution in [2.45, 2.75) is 130 Å². The second kappa shape index (κ2) is 8.99. The first kappa shape index (κ1) is 25.5. The third-order valence-electron chi connectivity index (χ3n) is 11.9. The molecule has 0 aromatic rings. The number of aliphatic hydroxyl groups excluding tert-OH is 2. The molecule has 1 spiro atoms. The lowest BCUT2D eigenvalue weighted by molar-refractivity contribution is -0.273. The summed E-state index contributed by atoms with van der Waals surface area (Å²) in [4.78, 5) is 0. The Hall–Kier alpha value is -0.160. The van der Waals surface area contributed by atoms with Crippen LogP contribution in [0.5, 0.6) is 0 Å². The van der Waals surface area contributed by atoms with Crippen LogP contribution in [0.3, 0.4) is 0 Å². The molecule has 4 nitrogen and oxygen atoms in total. The summed E-state index contributed by atoms with van der Waals surface area (Å²) in [6, 6.07) is 0. The summed E-state index contributed by atoms with van der Waals surface area (Å²) in [7, 11) is 0. The van der Waals surface area contributed by atoms with Crippen LogP contribution in [0.4, 0.5) is 0 Å². The number of fused-ring (bicyclic) bond motifs is 7. The largest absolute Gasteiger partial charge is 0.394 e. The van der Waals surface area contributed by atoms with Crippen molar-refractivity contribution in [2.75, 3.05) is 6.61 Å². The second-order valence-electron chi connectivity index (χ2n) is 14.2. The van der Waals surface area contributed by atoms with Crippen molar-refractivity contribution in [2.24, 2.45) is 52.3 Å². The van der Waals surface area contributed by atoms with Crippen LogP contribution in [-0.2, 0) is 9.47 Å². The first-order valence-corrected chi connectivity index (χ1v) is 14.7. The Kier molecular flexibility index (Phi) is 6.74. The van der Waals surface area contributed by atoms with Crippen molar-refractivity contribution in [3.05, 3.63) is 0 Å². The van der Waals surface area contributed by atoms with Crippen molar-refractivity contribution in [3.63, 3.8) is 0 Å². The quantitative estimate of drug-likeness (QED) is 0.438. The van der Waals surface area contributed by atoms with Gasteiger partial charge in [0, 0.05) is 18.4 Å². The summed E-state index contributed by atoms with van der Waals surface area (Å²) in [5.41, 5.74) is 0.899. The average Bonchev–Trinajstić information content (AvgIpc) is 3.21. The van der Waals surface area contributed by atoms with Gasteiger partial charge in [-0.1, -0.05) is 27.7 Å². The minimum absolute atomic E-state index is 0.0389. The highest BCUT2D eigenvalue weighted by Gasteiger charge is 2.69. The van der Waals surface area contributed by atoms with Crippen LogP contribution in [-0.4, -0.2) is 40.9 Å². The number of hydrogen-bond donors (Lipinski definition) is 2. The van der Waals surface area contributed by atoms with Gasteiger partial charge in [-0.15, -0.1) is 0 Å². The minimum atomic E-state index is -0.282. The van der Waals surface area contributed by atoms with Gasteiger partial charge in [-0.2, -0.15) is 0 Å². The van der Waals surface area contributed by atoms with E-state index in [-0.39, 0.29) is 18.0 Å². The zero-order chi connectivity index (χ0) is 24.5. The lowest BCUT2D eigenvalue weighted by atomic mass is 9.44. The standard InChI is InChI=1S/C27H44O3.C3H8O/c1-16-7-12-27(29-15-16)17(2)24-23(30-27)14-22-20-6-5-18-13-19(28)8-10-25(18,3)21(20)9-11-26(22,24)4;1-3(2)4/h16-24,28H,5-15H2,1-4H3;3-4H,1-2H3/t16-,17+,18?,19+,20-,21+,22+,23+,24+,25+,26+,27-;/m1./s1. The Morgan fingerprint density at radius 1 is 0.853 bits per heavy atom. The van der Waals surface area contributed by atoms with Gasteiger partial charge in [0.1, 0.15) is 0 Å². The summed E-state index contributed by atoms with van der Waals surface area (Å²) in [6.45, 7) is 14.3. The second-order valence-corrected chi connectivity index (χ2v) is 14.2. The fraction of sp³-hybridized carbons (Fsp3) is 1.00. The van der Waals surface area contributed by atoms with Gasteiger partial charge in [-0.25, -0.2) is 0 Å². The molecule has 34 heavy (non-hydrogen) atoms. The third-order valence-corrected chi connectivity index (χ3v) is 11.9. The maximum Gasteiger partial charge on any atom is 0.171 e. The average molecular weight is 477 g/mol. The highest BCUT2D eigenvalue weighted by atomic mass is 16.7. The lowest BCUT2D eigenvalue weighted by Crippen LogP contribution is -2.55. The van der Waals surface area contributed by atoms with E-state index in [4.69, 9.17) is 14.6 Å². The molecule has 4 heteroatoms. The molecule has 2 saturated heterocycles. The van der Waals surface area contributed by atoms with E-state index in [1.165, 1.54) is 44.9 Å². The maximum atomic E-state index is 10.3. The third kappa shape index (κ3) is 3.92. The molecule has 1 unspecified atom stereocenters. The van der Waals surface area contributed by atoms with Crippen LogP contribution < -0.4 is 0 Å². The smallest absolute Gasteiger partial charge is 0.171 e. The lowest BCUT2D eigenvalue weighted by Gasteiger charge is -2.61. The van der Waals surface area contributed by atoms with Crippen molar-refractivity contribution < 1.29 is 19.7 Å². The van der Waals surface area contributed by atoms with E-state index in [1.54, 1.807) is 13.8 Å². The number of rotatable bonds is 0. The summed E-state index contributed by atoms with van der Waals surface area (Å²) in [6.07, 6.45) is 12.7. The predicted molar refractivity (Wildman–Crippen MR) is 135 cm³/mol. The normalized spacial score (nSPS) is 56.2. The Morgan fingerprint density at radius 3 is 2.24 bits per heavy atom. The molecule has 0 radical (unpaired) electrons. The van der Waals surface area contributed by atoms with Crippen molar-refractivity contribution in [3.8, 4) is 0 Å². The highest BCUT2D eigenvalue weighted by Crippen LogP contribution is 2.71. The maximum absolute atomic E-state index is 10.3. The van der Waals surface area contributed by atoms with Crippen molar-refractivity contribution in [1.82, 2.24) is 0 Å². The van der Waals surface area contributed by atoms with Gasteiger partial charge in [0.15, 0.2) is 5.79 Å². The molecule has 12 atom stereocenters. The number of aliphatic hydroxyl groups is 2. The number of ether oxygens (including phenoxy) is 2. The molecule has 0 aromatic heterocycles. The van der Waals surface area contributed by atoms with Crippen LogP contribution in [0, 0.1) is 52.3 Å². The fourth-order valence-corrected chi connectivity index (χ4v) is 10.3. The highest BCUT2D eigenvalue weighted by molar-refractivity contribution is 5.15. The van der Waals surface area contributed by atoms with E-state index in [0.717, 1.165) is 49.5 Å². The van der Waals surface area contributed by atoms with Crippen LogP contribution in [0.2, 0.25) is 0 Å². The zero-order valence-electron chi connectivity index (χ0n) is 22.8. The predicted octanol–water partition coefficient (Wildman–Crippen LogP) is 6.18. The van der Waals surface area contributed by atoms with E-state index in [9.17, 15) is 5.11 Å². The van der Waals surface area contributed by atoms with Crippen LogP contribution >= 0.6 is 0 Å². The van der Waals surface area contributed by atoms with Gasteiger partial charge in [0.2, 0.25) is 0 Å². The Bertz CT molecular complexity index is 727. The molecular formula is C30H52O4. The summed E-state index contributed by atoms with van der Waals surface area (Å²) in [5.74, 6) is 4.93. The molecule has 6 aliphatic rings. The zero-order valence-corrected chi connectivity index (χ0v) is 22.8. The molecular weight excluding hydrogens is 424 g/mol. The van der Waals surface area contributed by atoms with Gasteiger partial charge < -0.3 is 19.7 Å². The molecule has 4 saturated carbocycles. The molecule has 2 aliphatic heterocycles. The Labute approximate surface area is 208 Å². The molecule has 2 heterocycles. The summed E-state index contributed by atoms with van der Waals surface area (Å²) in [5, 5.41) is 18.4. The fourth-order valence-electron chi connectivity index (χ4n) is 10.3. The monoisotopic (exact) mass is 476 g/mol. The number of hydrogen-bond acceptors (Lipinski definition) is 4. The SMILES string of the molecule is CC(C)O.C[C@@H]1CC[C@@]2(OC1)O[C@H]1C[C@H]3[C@@H]4CCC5C[C@@H](O)CC[C@]5(C)[C@H]4CC[C@]3(C)[C@H]1[C@@H]2C. The van der Waals surface area contributed by atoms with Crippen LogP contribution in [0.15, 0.2) is 0 Å². The van der Waals surface area contributed by atoms with E-state index in [0.29, 0.717) is 34.7 Å². The van der Waals surface area contributed by atoms with Gasteiger partial charge in [-0.05, 0) is 118 Å². The van der Waals surface area contributed by atoms with Gasteiger partial charge >= 0.3 is 0 Å². The van der Waals surface area contributed by atoms with E-state index in [2.05, 4.69) is 27.7 Å². The summed E-state index contributed by atoms with van der Waals surface area (Å²) >= 11 is 0. The molecule has 2 N–H and O–H groups in total. The molecule has 196 valence electrons. The van der Waals surface area contributed by atoms with Gasteiger partial charge in [-0.3, -0.25) is 0 Å². The van der Waals surface area contributed by atoms with Gasteiger partial charge in [0.25, 0.3) is 0 Å². The van der Waals surface area contributed by atoms with Crippen LogP contribution in [0.25, 0.3) is 0 Å². The molecule has 4 aliphatic carbocycles. The molecule has 0 bridgehead atoms. The first-order chi connectivity index (χ1) is 16.0. The Balaban J connectivity index is 0.000000560. The van der Waals surface area contributed by atoms with E-state index in [1.807, 2.05) is 0 Å². The molecule has 0 amide bonds. The van der Waals surface area contributed by atoms with Crippen LogP contribution in [0.1, 0.15) is 106 Å². The molecule has 0 aromatic carbocycles. The van der Waals surface area contributed by atoms with Crippen molar-refractivity contribution in [1.29, 1.82) is 0 Å². The Morgan fingerprint density at radius 2 is 1.56 bits per heavy atom. The minimum Gasteiger partial charge on any atom is -0.394 e. The topological polar surface area (TPSA) is 58.9 Å². The summed E-state index contributed by atoms with van der Waals surface area (Å²) < 4.78 is 13.4. The van der Waals surface area contributed by atoms with E-state index >= 15 is 0 Å². The van der Waals surface area contributed by atoms with Gasteiger partial charge in [0.05, 0.1) is 18.8 Å².